The summed E-state index contributed by atoms with van der Waals surface area (Å²) in [4.78, 5) is 14.2. The van der Waals surface area contributed by atoms with Gasteiger partial charge in [0.15, 0.2) is 5.96 Å². The van der Waals surface area contributed by atoms with Crippen LogP contribution in [0, 0.1) is 0 Å². The number of anilines is 1. The number of aliphatic imine (C=N–C) groups is 1. The first-order valence-corrected chi connectivity index (χ1v) is 11.9. The van der Waals surface area contributed by atoms with Crippen LogP contribution in [0.4, 0.5) is 5.82 Å². The number of nitrogens with zero attached hydrogens (tertiary/aromatic N) is 4. The highest BCUT2D eigenvalue weighted by Gasteiger charge is 2.14. The van der Waals surface area contributed by atoms with E-state index >= 15 is 0 Å². The zero-order chi connectivity index (χ0) is 22.0. The normalized spacial score (nSPS) is 17.5. The Kier molecular flexibility index (Phi) is 8.34. The zero-order valence-corrected chi connectivity index (χ0v) is 19.2. The van der Waals surface area contributed by atoms with Crippen molar-refractivity contribution in [3.05, 3.63) is 59.3 Å². The van der Waals surface area contributed by atoms with Gasteiger partial charge in [-0.25, -0.2) is 9.98 Å². The fourth-order valence-corrected chi connectivity index (χ4v) is 4.22. The third-order valence-corrected chi connectivity index (χ3v) is 6.07. The van der Waals surface area contributed by atoms with Crippen LogP contribution in [-0.2, 0) is 24.4 Å². The molecular weight excluding hydrogens is 400 g/mol. The van der Waals surface area contributed by atoms with Gasteiger partial charge in [-0.3, -0.25) is 4.90 Å². The summed E-state index contributed by atoms with van der Waals surface area (Å²) < 4.78 is 5.48. The maximum absolute atomic E-state index is 5.48. The van der Waals surface area contributed by atoms with Crippen molar-refractivity contribution in [2.45, 2.75) is 39.4 Å². The van der Waals surface area contributed by atoms with Gasteiger partial charge in [0.05, 0.1) is 19.8 Å². The van der Waals surface area contributed by atoms with E-state index in [1.54, 1.807) is 0 Å². The molecule has 0 aliphatic carbocycles. The molecule has 172 valence electrons. The molecule has 1 aromatic carbocycles. The molecule has 1 aromatic heterocycles. The highest BCUT2D eigenvalue weighted by molar-refractivity contribution is 5.79. The van der Waals surface area contributed by atoms with Crippen LogP contribution in [0.3, 0.4) is 0 Å². The summed E-state index contributed by atoms with van der Waals surface area (Å²) in [6, 6.07) is 12.9. The van der Waals surface area contributed by atoms with E-state index in [0.29, 0.717) is 6.54 Å². The van der Waals surface area contributed by atoms with E-state index in [0.717, 1.165) is 76.4 Å². The summed E-state index contributed by atoms with van der Waals surface area (Å²) in [5.74, 6) is 1.91. The highest BCUT2D eigenvalue weighted by Crippen LogP contribution is 2.18. The van der Waals surface area contributed by atoms with Gasteiger partial charge in [0.1, 0.15) is 5.82 Å². The van der Waals surface area contributed by atoms with Crippen molar-refractivity contribution in [3.63, 3.8) is 0 Å². The number of rotatable bonds is 8. The minimum atomic E-state index is 0.609. The molecule has 32 heavy (non-hydrogen) atoms. The molecule has 0 amide bonds. The van der Waals surface area contributed by atoms with Gasteiger partial charge in [0.2, 0.25) is 0 Å². The number of pyridine rings is 1. The van der Waals surface area contributed by atoms with E-state index in [-0.39, 0.29) is 0 Å². The van der Waals surface area contributed by atoms with Crippen LogP contribution >= 0.6 is 0 Å². The summed E-state index contributed by atoms with van der Waals surface area (Å²) in [5, 5.41) is 6.87. The Morgan fingerprint density at radius 3 is 2.50 bits per heavy atom. The Balaban J connectivity index is 1.34. The average molecular weight is 437 g/mol. The number of morpholine rings is 1. The molecule has 0 saturated carbocycles. The third-order valence-electron chi connectivity index (χ3n) is 6.07. The number of guanidine groups is 1. The molecule has 2 aromatic rings. The Morgan fingerprint density at radius 2 is 1.78 bits per heavy atom. The largest absolute Gasteiger partial charge is 0.379 e. The van der Waals surface area contributed by atoms with Gasteiger partial charge in [-0.1, -0.05) is 30.3 Å². The smallest absolute Gasteiger partial charge is 0.191 e. The quantitative estimate of drug-likeness (QED) is 0.490. The topological polar surface area (TPSA) is 65.0 Å². The Bertz CT molecular complexity index is 857. The van der Waals surface area contributed by atoms with Gasteiger partial charge in [-0.2, -0.15) is 0 Å². The van der Waals surface area contributed by atoms with E-state index in [2.05, 4.69) is 68.7 Å². The monoisotopic (exact) mass is 436 g/mol. The fraction of sp³-hybridized carbons (Fsp3) is 0.520. The van der Waals surface area contributed by atoms with Crippen molar-refractivity contribution in [2.24, 2.45) is 4.99 Å². The van der Waals surface area contributed by atoms with Gasteiger partial charge in [-0.05, 0) is 42.5 Å². The zero-order valence-electron chi connectivity index (χ0n) is 19.2. The summed E-state index contributed by atoms with van der Waals surface area (Å²) in [5.41, 5.74) is 3.79. The van der Waals surface area contributed by atoms with Crippen molar-refractivity contribution < 1.29 is 4.74 Å². The van der Waals surface area contributed by atoms with Crippen molar-refractivity contribution >= 4 is 11.8 Å². The van der Waals surface area contributed by atoms with E-state index in [1.807, 2.05) is 6.20 Å². The number of hydrogen-bond acceptors (Lipinski definition) is 5. The first-order chi connectivity index (χ1) is 15.8. The van der Waals surface area contributed by atoms with E-state index < -0.39 is 0 Å². The average Bonchev–Trinajstić information content (AvgIpc) is 3.38. The lowest BCUT2D eigenvalue weighted by Crippen LogP contribution is -2.38. The molecule has 0 atom stereocenters. The first kappa shape index (κ1) is 22.6. The number of nitrogens with one attached hydrogen (secondary N) is 2. The molecule has 2 fully saturated rings. The number of aromatic nitrogens is 1. The maximum Gasteiger partial charge on any atom is 0.191 e. The predicted octanol–water partition coefficient (Wildman–Crippen LogP) is 2.77. The van der Waals surface area contributed by atoms with Gasteiger partial charge < -0.3 is 20.3 Å². The van der Waals surface area contributed by atoms with Crippen molar-refractivity contribution in [1.29, 1.82) is 0 Å². The summed E-state index contributed by atoms with van der Waals surface area (Å²) in [6.45, 7) is 11.1. The van der Waals surface area contributed by atoms with Crippen LogP contribution in [0.2, 0.25) is 0 Å². The minimum Gasteiger partial charge on any atom is -0.379 e. The number of hydrogen-bond donors (Lipinski definition) is 2. The lowest BCUT2D eigenvalue weighted by molar-refractivity contribution is 0.0341. The molecule has 0 spiro atoms. The van der Waals surface area contributed by atoms with Crippen LogP contribution in [0.1, 0.15) is 36.5 Å². The standard InChI is InChI=1S/C25H36N6O/c1-2-26-25(28-18-21-9-10-24(27-17-21)31-11-5-6-12-31)29-19-22-7-3-4-8-23(22)20-30-13-15-32-16-14-30/h3-4,7-10,17H,2,5-6,11-16,18-20H2,1H3,(H2,26,28,29). The molecule has 7 nitrogen and oxygen atoms in total. The molecular formula is C25H36N6O. The predicted molar refractivity (Wildman–Crippen MR) is 130 cm³/mol. The van der Waals surface area contributed by atoms with Crippen LogP contribution in [0.5, 0.6) is 0 Å². The molecule has 2 aliphatic rings. The summed E-state index contributed by atoms with van der Waals surface area (Å²) in [7, 11) is 0. The highest BCUT2D eigenvalue weighted by atomic mass is 16.5. The molecule has 0 radical (unpaired) electrons. The Labute approximate surface area is 191 Å². The minimum absolute atomic E-state index is 0.609. The first-order valence-electron chi connectivity index (χ1n) is 11.9. The fourth-order valence-electron chi connectivity index (χ4n) is 4.22. The van der Waals surface area contributed by atoms with Crippen LogP contribution in [0.15, 0.2) is 47.6 Å². The van der Waals surface area contributed by atoms with Crippen LogP contribution in [0.25, 0.3) is 0 Å². The molecule has 3 heterocycles. The Morgan fingerprint density at radius 1 is 1.00 bits per heavy atom. The molecule has 0 bridgehead atoms. The SMILES string of the molecule is CCNC(=NCc1ccc(N2CCCC2)nc1)NCc1ccccc1CN1CCOCC1. The number of ether oxygens (including phenoxy) is 1. The van der Waals surface area contributed by atoms with Gasteiger partial charge in [0, 0.05) is 52.0 Å². The maximum atomic E-state index is 5.48. The van der Waals surface area contributed by atoms with Gasteiger partial charge in [-0.15, -0.1) is 0 Å². The molecule has 4 rings (SSSR count). The van der Waals surface area contributed by atoms with E-state index in [9.17, 15) is 0 Å². The van der Waals surface area contributed by atoms with Crippen molar-refractivity contribution in [3.8, 4) is 0 Å². The Hall–Kier alpha value is -2.64. The van der Waals surface area contributed by atoms with Crippen molar-refractivity contribution in [1.82, 2.24) is 20.5 Å². The van der Waals surface area contributed by atoms with E-state index in [4.69, 9.17) is 9.73 Å². The molecule has 2 aliphatic heterocycles. The second-order valence-corrected chi connectivity index (χ2v) is 8.42. The van der Waals surface area contributed by atoms with Gasteiger partial charge in [0.25, 0.3) is 0 Å². The molecule has 7 heteroatoms. The lowest BCUT2D eigenvalue weighted by Gasteiger charge is -2.27. The molecule has 2 N–H and O–H groups in total. The van der Waals surface area contributed by atoms with Crippen LogP contribution < -0.4 is 15.5 Å². The van der Waals surface area contributed by atoms with E-state index in [1.165, 1.54) is 24.0 Å². The second-order valence-electron chi connectivity index (χ2n) is 8.42. The molecule has 0 unspecified atom stereocenters. The lowest BCUT2D eigenvalue weighted by atomic mass is 10.1. The second kappa shape index (κ2) is 11.8. The third kappa shape index (κ3) is 6.43. The van der Waals surface area contributed by atoms with Crippen molar-refractivity contribution in [2.75, 3.05) is 50.8 Å². The molecule has 2 saturated heterocycles. The van der Waals surface area contributed by atoms with Gasteiger partial charge >= 0.3 is 0 Å². The van der Waals surface area contributed by atoms with Crippen LogP contribution in [-0.4, -0.2) is 61.8 Å². The summed E-state index contributed by atoms with van der Waals surface area (Å²) >= 11 is 0. The number of benzene rings is 1. The summed E-state index contributed by atoms with van der Waals surface area (Å²) in [6.07, 6.45) is 4.49.